The Hall–Kier alpha value is -2.50. The van der Waals surface area contributed by atoms with Gasteiger partial charge in [0.05, 0.1) is 23.3 Å². The summed E-state index contributed by atoms with van der Waals surface area (Å²) in [4.78, 5) is 13.9. The molecule has 0 atom stereocenters. The maximum Gasteiger partial charge on any atom is 0.275 e. The molecule has 1 heterocycles. The Labute approximate surface area is 105 Å². The topological polar surface area (TPSA) is 87.0 Å². The van der Waals surface area contributed by atoms with Gasteiger partial charge in [-0.15, -0.1) is 0 Å². The number of amides is 1. The summed E-state index contributed by atoms with van der Waals surface area (Å²) in [5.41, 5.74) is 7.87. The summed E-state index contributed by atoms with van der Waals surface area (Å²) >= 11 is 0. The number of para-hydroxylation sites is 2. The number of hydrogen-bond donors (Lipinski definition) is 3. The number of nitrogen functional groups attached to an aromatic ring is 1. The lowest BCUT2D eigenvalue weighted by Gasteiger charge is -2.17. The Kier molecular flexibility index (Phi) is 3.18. The minimum atomic E-state index is -0.306. The molecule has 6 heteroatoms. The van der Waals surface area contributed by atoms with E-state index in [0.717, 1.165) is 11.4 Å². The van der Waals surface area contributed by atoms with E-state index >= 15 is 0 Å². The lowest BCUT2D eigenvalue weighted by Crippen LogP contribution is -2.17. The van der Waals surface area contributed by atoms with Crippen molar-refractivity contribution in [2.45, 2.75) is 0 Å². The minimum absolute atomic E-state index is 0.267. The molecule has 0 unspecified atom stereocenters. The highest BCUT2D eigenvalue weighted by Gasteiger charge is 2.13. The first-order chi connectivity index (χ1) is 8.59. The summed E-state index contributed by atoms with van der Waals surface area (Å²) in [7, 11) is 3.82. The number of benzene rings is 1. The number of H-pyrrole nitrogens is 1. The standard InChI is InChI=1S/C12H15N5O/c1-17(2)10-6-4-3-5-9(10)15-12(18)11-8(13)7-14-16-11/h3-7H,13H2,1-2H3,(H,14,16)(H,15,18). The molecule has 1 amide bonds. The van der Waals surface area contributed by atoms with Crippen molar-refractivity contribution >= 4 is 23.0 Å². The molecule has 0 radical (unpaired) electrons. The Bertz CT molecular complexity index is 561. The van der Waals surface area contributed by atoms with Crippen molar-refractivity contribution in [1.82, 2.24) is 10.2 Å². The third kappa shape index (κ3) is 2.27. The molecule has 94 valence electrons. The molecule has 2 aromatic rings. The number of anilines is 3. The largest absolute Gasteiger partial charge is 0.396 e. The van der Waals surface area contributed by atoms with Gasteiger partial charge in [0.1, 0.15) is 5.69 Å². The van der Waals surface area contributed by atoms with Crippen molar-refractivity contribution in [3.05, 3.63) is 36.2 Å². The van der Waals surface area contributed by atoms with Crippen molar-refractivity contribution in [1.29, 1.82) is 0 Å². The van der Waals surface area contributed by atoms with Gasteiger partial charge in [0.2, 0.25) is 0 Å². The van der Waals surface area contributed by atoms with E-state index in [1.54, 1.807) is 0 Å². The number of aromatic nitrogens is 2. The normalized spacial score (nSPS) is 10.1. The van der Waals surface area contributed by atoms with Crippen LogP contribution in [0.25, 0.3) is 0 Å². The highest BCUT2D eigenvalue weighted by atomic mass is 16.2. The first-order valence-electron chi connectivity index (χ1n) is 5.46. The predicted molar refractivity (Wildman–Crippen MR) is 71.7 cm³/mol. The maximum absolute atomic E-state index is 12.0. The van der Waals surface area contributed by atoms with Crippen molar-refractivity contribution in [2.75, 3.05) is 30.0 Å². The van der Waals surface area contributed by atoms with Gasteiger partial charge >= 0.3 is 0 Å². The zero-order chi connectivity index (χ0) is 13.1. The molecule has 0 aliphatic heterocycles. The summed E-state index contributed by atoms with van der Waals surface area (Å²) in [5, 5.41) is 9.10. The number of hydrogen-bond acceptors (Lipinski definition) is 4. The fourth-order valence-electron chi connectivity index (χ4n) is 1.63. The Morgan fingerprint density at radius 2 is 2.11 bits per heavy atom. The zero-order valence-corrected chi connectivity index (χ0v) is 10.3. The van der Waals surface area contributed by atoms with Crippen LogP contribution >= 0.6 is 0 Å². The van der Waals surface area contributed by atoms with E-state index in [0.29, 0.717) is 5.69 Å². The first kappa shape index (κ1) is 12.0. The quantitative estimate of drug-likeness (QED) is 0.761. The molecule has 6 nitrogen and oxygen atoms in total. The first-order valence-corrected chi connectivity index (χ1v) is 5.46. The van der Waals surface area contributed by atoms with E-state index in [-0.39, 0.29) is 11.6 Å². The van der Waals surface area contributed by atoms with E-state index in [9.17, 15) is 4.79 Å². The van der Waals surface area contributed by atoms with Crippen LogP contribution in [-0.2, 0) is 0 Å². The van der Waals surface area contributed by atoms with Crippen LogP contribution in [0.4, 0.5) is 17.1 Å². The second kappa shape index (κ2) is 4.79. The van der Waals surface area contributed by atoms with E-state index in [1.807, 2.05) is 43.3 Å². The van der Waals surface area contributed by atoms with Crippen LogP contribution in [-0.4, -0.2) is 30.2 Å². The number of rotatable bonds is 3. The summed E-state index contributed by atoms with van der Waals surface area (Å²) in [6, 6.07) is 7.53. The van der Waals surface area contributed by atoms with Gasteiger partial charge in [0.15, 0.2) is 0 Å². The van der Waals surface area contributed by atoms with Gasteiger partial charge in [-0.05, 0) is 12.1 Å². The van der Waals surface area contributed by atoms with Gasteiger partial charge in [0.25, 0.3) is 5.91 Å². The van der Waals surface area contributed by atoms with Gasteiger partial charge in [0, 0.05) is 14.1 Å². The molecule has 1 aromatic carbocycles. The van der Waals surface area contributed by atoms with Crippen LogP contribution in [0.3, 0.4) is 0 Å². The van der Waals surface area contributed by atoms with E-state index < -0.39 is 0 Å². The molecule has 1 aromatic heterocycles. The molecular formula is C12H15N5O. The van der Waals surface area contributed by atoms with Gasteiger partial charge in [-0.3, -0.25) is 9.89 Å². The number of nitrogens with one attached hydrogen (secondary N) is 2. The molecule has 2 rings (SSSR count). The van der Waals surface area contributed by atoms with Gasteiger partial charge < -0.3 is 16.0 Å². The summed E-state index contributed by atoms with van der Waals surface area (Å²) in [5.74, 6) is -0.306. The maximum atomic E-state index is 12.0. The highest BCUT2D eigenvalue weighted by molar-refractivity contribution is 6.07. The summed E-state index contributed by atoms with van der Waals surface area (Å²) in [6.45, 7) is 0. The number of aromatic amines is 1. The Morgan fingerprint density at radius 3 is 2.72 bits per heavy atom. The second-order valence-electron chi connectivity index (χ2n) is 4.07. The van der Waals surface area contributed by atoms with Crippen LogP contribution in [0.1, 0.15) is 10.5 Å². The Balaban J connectivity index is 2.25. The summed E-state index contributed by atoms with van der Waals surface area (Å²) < 4.78 is 0. The Morgan fingerprint density at radius 1 is 1.39 bits per heavy atom. The van der Waals surface area contributed by atoms with Gasteiger partial charge in [-0.25, -0.2) is 0 Å². The number of nitrogens with two attached hydrogens (primary N) is 1. The van der Waals surface area contributed by atoms with Crippen LogP contribution in [0, 0.1) is 0 Å². The molecule has 0 bridgehead atoms. The van der Waals surface area contributed by atoms with Crippen molar-refractivity contribution in [3.8, 4) is 0 Å². The number of carbonyl (C=O) groups is 1. The molecule has 0 aliphatic rings. The van der Waals surface area contributed by atoms with Crippen LogP contribution in [0.5, 0.6) is 0 Å². The van der Waals surface area contributed by atoms with Gasteiger partial charge in [-0.2, -0.15) is 5.10 Å². The lowest BCUT2D eigenvalue weighted by atomic mass is 10.2. The minimum Gasteiger partial charge on any atom is -0.396 e. The van der Waals surface area contributed by atoms with Crippen molar-refractivity contribution in [2.24, 2.45) is 0 Å². The van der Waals surface area contributed by atoms with Gasteiger partial charge in [-0.1, -0.05) is 12.1 Å². The molecule has 0 saturated carbocycles. The smallest absolute Gasteiger partial charge is 0.275 e. The fraction of sp³-hybridized carbons (Fsp3) is 0.167. The van der Waals surface area contributed by atoms with Crippen LogP contribution in [0.15, 0.2) is 30.5 Å². The average Bonchev–Trinajstić information content (AvgIpc) is 2.76. The van der Waals surface area contributed by atoms with E-state index in [2.05, 4.69) is 15.5 Å². The third-order valence-corrected chi connectivity index (χ3v) is 2.53. The lowest BCUT2D eigenvalue weighted by molar-refractivity contribution is 0.102. The second-order valence-corrected chi connectivity index (χ2v) is 4.07. The van der Waals surface area contributed by atoms with Crippen molar-refractivity contribution in [3.63, 3.8) is 0 Å². The fourth-order valence-corrected chi connectivity index (χ4v) is 1.63. The van der Waals surface area contributed by atoms with Crippen LogP contribution in [0.2, 0.25) is 0 Å². The molecular weight excluding hydrogens is 230 g/mol. The zero-order valence-electron chi connectivity index (χ0n) is 10.3. The molecule has 4 N–H and O–H groups in total. The monoisotopic (exact) mass is 245 g/mol. The van der Waals surface area contributed by atoms with Crippen molar-refractivity contribution < 1.29 is 4.79 Å². The molecule has 0 saturated heterocycles. The number of nitrogens with zero attached hydrogens (tertiary/aromatic N) is 2. The molecule has 18 heavy (non-hydrogen) atoms. The van der Waals surface area contributed by atoms with E-state index in [1.165, 1.54) is 6.20 Å². The molecule has 0 aliphatic carbocycles. The predicted octanol–water partition coefficient (Wildman–Crippen LogP) is 1.31. The highest BCUT2D eigenvalue weighted by Crippen LogP contribution is 2.24. The average molecular weight is 245 g/mol. The summed E-state index contributed by atoms with van der Waals surface area (Å²) in [6.07, 6.45) is 1.41. The SMILES string of the molecule is CN(C)c1ccccc1NC(=O)c1[nH]ncc1N. The molecule has 0 fully saturated rings. The number of carbonyl (C=O) groups excluding carboxylic acids is 1. The van der Waals surface area contributed by atoms with Crippen LogP contribution < -0.4 is 16.0 Å². The van der Waals surface area contributed by atoms with E-state index in [4.69, 9.17) is 5.73 Å². The third-order valence-electron chi connectivity index (χ3n) is 2.53. The molecule has 0 spiro atoms.